The van der Waals surface area contributed by atoms with Crippen LogP contribution >= 0.6 is 11.6 Å². The first-order valence-electron chi connectivity index (χ1n) is 6.56. The molecule has 19 heavy (non-hydrogen) atoms. The molecule has 1 rings (SSSR count). The van der Waals surface area contributed by atoms with Crippen LogP contribution in [0.25, 0.3) is 0 Å². The molecule has 3 N–H and O–H groups in total. The molecule has 0 aliphatic rings. The van der Waals surface area contributed by atoms with Crippen molar-refractivity contribution in [1.29, 1.82) is 0 Å². The Balaban J connectivity index is 2.54. The van der Waals surface area contributed by atoms with Gasteiger partial charge in [0.15, 0.2) is 0 Å². The molecular weight excluding hydrogens is 262 g/mol. The zero-order valence-electron chi connectivity index (χ0n) is 11.8. The first kappa shape index (κ1) is 15.6. The lowest BCUT2D eigenvalue weighted by molar-refractivity contribution is -0.130. The van der Waals surface area contributed by atoms with E-state index in [2.05, 4.69) is 5.32 Å². The van der Waals surface area contributed by atoms with Gasteiger partial charge in [-0.1, -0.05) is 11.6 Å². The van der Waals surface area contributed by atoms with Crippen LogP contribution in [0.2, 0.25) is 5.02 Å². The number of aryl methyl sites for hydroxylation is 1. The fraction of sp³-hybridized carbons (Fsp3) is 0.500. The Kier molecular flexibility index (Phi) is 5.96. The first-order chi connectivity index (χ1) is 8.99. The molecule has 0 aromatic heterocycles. The summed E-state index contributed by atoms with van der Waals surface area (Å²) in [5.74, 6) is 0.164. The van der Waals surface area contributed by atoms with Crippen molar-refractivity contribution in [3.63, 3.8) is 0 Å². The minimum absolute atomic E-state index is 0.164. The van der Waals surface area contributed by atoms with Crippen molar-refractivity contribution in [2.24, 2.45) is 0 Å². The molecule has 0 heterocycles. The molecule has 0 bridgehead atoms. The number of nitrogens with two attached hydrogens (primary N) is 1. The summed E-state index contributed by atoms with van der Waals surface area (Å²) in [4.78, 5) is 13.7. The van der Waals surface area contributed by atoms with Crippen molar-refractivity contribution >= 4 is 28.9 Å². The summed E-state index contributed by atoms with van der Waals surface area (Å²) in [6, 6.07) is 3.63. The minimum Gasteiger partial charge on any atom is -0.398 e. The van der Waals surface area contributed by atoms with Crippen LogP contribution in [0.4, 0.5) is 11.4 Å². The highest BCUT2D eigenvalue weighted by Crippen LogP contribution is 2.26. The van der Waals surface area contributed by atoms with Crippen molar-refractivity contribution in [3.05, 3.63) is 22.7 Å². The Morgan fingerprint density at radius 3 is 2.58 bits per heavy atom. The summed E-state index contributed by atoms with van der Waals surface area (Å²) >= 11 is 5.98. The summed E-state index contributed by atoms with van der Waals surface area (Å²) in [5.41, 5.74) is 8.24. The molecule has 0 aliphatic heterocycles. The summed E-state index contributed by atoms with van der Waals surface area (Å²) in [6.07, 6.45) is 0.475. The van der Waals surface area contributed by atoms with Crippen molar-refractivity contribution in [2.45, 2.75) is 27.2 Å². The molecule has 0 spiro atoms. The number of nitrogen functional groups attached to an aromatic ring is 1. The van der Waals surface area contributed by atoms with Crippen LogP contribution in [-0.2, 0) is 4.79 Å². The van der Waals surface area contributed by atoms with E-state index in [9.17, 15) is 4.79 Å². The second-order valence-electron chi connectivity index (χ2n) is 4.43. The predicted molar refractivity (Wildman–Crippen MR) is 81.6 cm³/mol. The maximum atomic E-state index is 11.8. The first-order valence-corrected chi connectivity index (χ1v) is 6.94. The van der Waals surface area contributed by atoms with Crippen LogP contribution in [0.1, 0.15) is 25.8 Å². The van der Waals surface area contributed by atoms with E-state index >= 15 is 0 Å². The minimum atomic E-state index is 0.164. The maximum Gasteiger partial charge on any atom is 0.224 e. The van der Waals surface area contributed by atoms with E-state index in [-0.39, 0.29) is 5.91 Å². The summed E-state index contributed by atoms with van der Waals surface area (Å²) in [6.45, 7) is 8.03. The lowest BCUT2D eigenvalue weighted by Gasteiger charge is -2.19. The quantitative estimate of drug-likeness (QED) is 0.789. The monoisotopic (exact) mass is 283 g/mol. The molecule has 4 nitrogen and oxygen atoms in total. The number of hydrogen-bond donors (Lipinski definition) is 2. The Morgan fingerprint density at radius 1 is 1.37 bits per heavy atom. The summed E-state index contributed by atoms with van der Waals surface area (Å²) in [7, 11) is 0. The number of nitrogens with zero attached hydrogens (tertiary/aromatic N) is 1. The molecule has 1 aromatic carbocycles. The molecular formula is C14H22ClN3O. The number of benzene rings is 1. The van der Waals surface area contributed by atoms with Crippen molar-refractivity contribution in [1.82, 2.24) is 4.90 Å². The van der Waals surface area contributed by atoms with Gasteiger partial charge in [0.1, 0.15) is 0 Å². The van der Waals surface area contributed by atoms with E-state index in [1.165, 1.54) is 0 Å². The van der Waals surface area contributed by atoms with Crippen molar-refractivity contribution in [3.8, 4) is 0 Å². The largest absolute Gasteiger partial charge is 0.398 e. The van der Waals surface area contributed by atoms with Crippen LogP contribution in [0.3, 0.4) is 0 Å². The van der Waals surface area contributed by atoms with Gasteiger partial charge >= 0.3 is 0 Å². The van der Waals surface area contributed by atoms with E-state index in [4.69, 9.17) is 17.3 Å². The van der Waals surface area contributed by atoms with Crippen LogP contribution in [0.5, 0.6) is 0 Å². The molecule has 1 aromatic rings. The normalized spacial score (nSPS) is 10.3. The molecule has 0 radical (unpaired) electrons. The van der Waals surface area contributed by atoms with Crippen LogP contribution in [0.15, 0.2) is 12.1 Å². The number of hydrogen-bond acceptors (Lipinski definition) is 3. The van der Waals surface area contributed by atoms with Gasteiger partial charge in [-0.2, -0.15) is 0 Å². The number of amides is 1. The average Bonchev–Trinajstić information content (AvgIpc) is 2.37. The fourth-order valence-electron chi connectivity index (χ4n) is 1.93. The van der Waals surface area contributed by atoms with Gasteiger partial charge in [0.05, 0.1) is 10.7 Å². The number of carbonyl (C=O) groups excluding carboxylic acids is 1. The van der Waals surface area contributed by atoms with Gasteiger partial charge in [-0.15, -0.1) is 0 Å². The van der Waals surface area contributed by atoms with Crippen LogP contribution < -0.4 is 11.1 Å². The van der Waals surface area contributed by atoms with E-state index in [1.54, 1.807) is 6.07 Å². The van der Waals surface area contributed by atoms with E-state index in [0.717, 1.165) is 24.3 Å². The second-order valence-corrected chi connectivity index (χ2v) is 4.84. The second kappa shape index (κ2) is 7.24. The van der Waals surface area contributed by atoms with Crippen molar-refractivity contribution < 1.29 is 4.79 Å². The molecule has 0 atom stereocenters. The Bertz CT molecular complexity index is 445. The van der Waals surface area contributed by atoms with Gasteiger partial charge in [0.2, 0.25) is 5.91 Å². The zero-order valence-corrected chi connectivity index (χ0v) is 12.5. The average molecular weight is 284 g/mol. The summed E-state index contributed by atoms with van der Waals surface area (Å²) < 4.78 is 0. The molecule has 0 saturated carbocycles. The van der Waals surface area contributed by atoms with Gasteiger partial charge in [-0.25, -0.2) is 0 Å². The lowest BCUT2D eigenvalue weighted by Crippen LogP contribution is -2.31. The number of carbonyl (C=O) groups is 1. The molecule has 0 unspecified atom stereocenters. The molecule has 106 valence electrons. The topological polar surface area (TPSA) is 58.4 Å². The van der Waals surface area contributed by atoms with Gasteiger partial charge < -0.3 is 16.0 Å². The smallest absolute Gasteiger partial charge is 0.224 e. The summed E-state index contributed by atoms with van der Waals surface area (Å²) in [5, 5.41) is 3.76. The highest BCUT2D eigenvalue weighted by molar-refractivity contribution is 6.33. The lowest BCUT2D eigenvalue weighted by atomic mass is 10.1. The third-order valence-corrected chi connectivity index (χ3v) is 3.44. The van der Waals surface area contributed by atoms with Gasteiger partial charge in [0.25, 0.3) is 0 Å². The Morgan fingerprint density at radius 2 is 2.00 bits per heavy atom. The third-order valence-electron chi connectivity index (χ3n) is 3.11. The number of halogens is 1. The van der Waals surface area contributed by atoms with E-state index in [1.807, 2.05) is 31.7 Å². The SMILES string of the molecule is CCN(CC)C(=O)CCNc1cc(Cl)c(N)cc1C. The molecule has 0 fully saturated rings. The molecule has 0 aliphatic carbocycles. The van der Waals surface area contributed by atoms with Crippen molar-refractivity contribution in [2.75, 3.05) is 30.7 Å². The van der Waals surface area contributed by atoms with E-state index in [0.29, 0.717) is 23.7 Å². The Labute approximate surface area is 119 Å². The van der Waals surface area contributed by atoms with Crippen LogP contribution in [-0.4, -0.2) is 30.4 Å². The van der Waals surface area contributed by atoms with E-state index < -0.39 is 0 Å². The van der Waals surface area contributed by atoms with Crippen LogP contribution in [0, 0.1) is 6.92 Å². The number of rotatable bonds is 6. The fourth-order valence-corrected chi connectivity index (χ4v) is 2.10. The Hall–Kier alpha value is -1.42. The standard InChI is InChI=1S/C14H22ClN3O/c1-4-18(5-2)14(19)6-7-17-13-9-11(15)12(16)8-10(13)3/h8-9,17H,4-7,16H2,1-3H3. The van der Waals surface area contributed by atoms with Gasteiger partial charge in [0, 0.05) is 31.7 Å². The van der Waals surface area contributed by atoms with Gasteiger partial charge in [-0.05, 0) is 38.5 Å². The third kappa shape index (κ3) is 4.31. The number of nitrogens with one attached hydrogen (secondary N) is 1. The molecule has 1 amide bonds. The number of anilines is 2. The predicted octanol–water partition coefficient (Wildman–Crippen LogP) is 2.90. The maximum absolute atomic E-state index is 11.8. The zero-order chi connectivity index (χ0) is 14.4. The van der Waals surface area contributed by atoms with Gasteiger partial charge in [-0.3, -0.25) is 4.79 Å². The highest BCUT2D eigenvalue weighted by atomic mass is 35.5. The molecule has 0 saturated heterocycles. The molecule has 5 heteroatoms. The highest BCUT2D eigenvalue weighted by Gasteiger charge is 2.09.